The van der Waals surface area contributed by atoms with Crippen molar-refractivity contribution >= 4 is 0 Å². The van der Waals surface area contributed by atoms with Crippen LogP contribution in [0.3, 0.4) is 0 Å². The molecule has 0 spiro atoms. The summed E-state index contributed by atoms with van der Waals surface area (Å²) in [5.41, 5.74) is 8.46. The molecule has 0 aliphatic carbocycles. The second kappa shape index (κ2) is 9.95. The third-order valence-corrected chi connectivity index (χ3v) is 3.96. The molecule has 1 aromatic rings. The minimum atomic E-state index is 0.831. The van der Waals surface area contributed by atoms with Gasteiger partial charge in [0, 0.05) is 6.54 Å². The fourth-order valence-corrected chi connectivity index (χ4v) is 2.93. The van der Waals surface area contributed by atoms with E-state index in [1.165, 1.54) is 49.8 Å². The van der Waals surface area contributed by atoms with E-state index in [1.54, 1.807) is 0 Å². The Morgan fingerprint density at radius 3 is 2.65 bits per heavy atom. The zero-order chi connectivity index (χ0) is 14.8. The van der Waals surface area contributed by atoms with Gasteiger partial charge in [-0.3, -0.25) is 0 Å². The predicted molar refractivity (Wildman–Crippen MR) is 88.8 cm³/mol. The van der Waals surface area contributed by atoms with Gasteiger partial charge < -0.3 is 10.6 Å². The first-order chi connectivity index (χ1) is 9.65. The largest absolute Gasteiger partial charge is 0.330 e. The molecule has 0 aromatic heterocycles. The van der Waals surface area contributed by atoms with Gasteiger partial charge in [-0.1, -0.05) is 49.6 Å². The van der Waals surface area contributed by atoms with Crippen LogP contribution in [0.1, 0.15) is 50.2 Å². The average Bonchev–Trinajstić information content (AvgIpc) is 2.39. The number of aryl methyl sites for hydroxylation is 1. The van der Waals surface area contributed by atoms with E-state index in [9.17, 15) is 0 Å². The van der Waals surface area contributed by atoms with Crippen LogP contribution >= 0.6 is 0 Å². The van der Waals surface area contributed by atoms with Crippen molar-refractivity contribution in [2.45, 2.75) is 52.5 Å². The summed E-state index contributed by atoms with van der Waals surface area (Å²) >= 11 is 0. The van der Waals surface area contributed by atoms with Crippen molar-refractivity contribution in [1.29, 1.82) is 0 Å². The van der Waals surface area contributed by atoms with Crippen LogP contribution in [0.25, 0.3) is 0 Å². The molecule has 1 unspecified atom stereocenters. The van der Waals surface area contributed by atoms with Gasteiger partial charge in [-0.15, -0.1) is 0 Å². The topological polar surface area (TPSA) is 29.3 Å². The highest BCUT2D eigenvalue weighted by Crippen LogP contribution is 2.17. The maximum Gasteiger partial charge on any atom is 0.0230 e. The maximum atomic E-state index is 5.70. The molecule has 2 N–H and O–H groups in total. The Balaban J connectivity index is 2.26. The number of nitrogens with two attached hydrogens (primary N) is 1. The van der Waals surface area contributed by atoms with Crippen molar-refractivity contribution < 1.29 is 0 Å². The van der Waals surface area contributed by atoms with Crippen LogP contribution in [0.5, 0.6) is 0 Å². The highest BCUT2D eigenvalue weighted by Gasteiger charge is 2.07. The summed E-state index contributed by atoms with van der Waals surface area (Å²) in [4.78, 5) is 2.43. The summed E-state index contributed by atoms with van der Waals surface area (Å²) in [5, 5.41) is 0. The molecule has 2 nitrogen and oxygen atoms in total. The second-order valence-electron chi connectivity index (χ2n) is 6.10. The Bertz CT molecular complexity index is 356. The SMILES string of the molecule is CCCC(CCN)CCCN(C)Cc1cccc(C)c1. The van der Waals surface area contributed by atoms with Gasteiger partial charge >= 0.3 is 0 Å². The molecule has 0 amide bonds. The van der Waals surface area contributed by atoms with Gasteiger partial charge in [0.15, 0.2) is 0 Å². The van der Waals surface area contributed by atoms with Crippen LogP contribution < -0.4 is 5.73 Å². The summed E-state index contributed by atoms with van der Waals surface area (Å²) < 4.78 is 0. The Morgan fingerprint density at radius 1 is 1.20 bits per heavy atom. The first-order valence-corrected chi connectivity index (χ1v) is 8.09. The minimum Gasteiger partial charge on any atom is -0.330 e. The molecular weight excluding hydrogens is 244 g/mol. The molecule has 0 saturated carbocycles. The summed E-state index contributed by atoms with van der Waals surface area (Å²) in [6, 6.07) is 8.81. The lowest BCUT2D eigenvalue weighted by Gasteiger charge is -2.20. The highest BCUT2D eigenvalue weighted by molar-refractivity contribution is 5.21. The van der Waals surface area contributed by atoms with Gasteiger partial charge in [-0.25, -0.2) is 0 Å². The van der Waals surface area contributed by atoms with E-state index in [2.05, 4.69) is 50.1 Å². The highest BCUT2D eigenvalue weighted by atomic mass is 15.1. The number of hydrogen-bond acceptors (Lipinski definition) is 2. The second-order valence-corrected chi connectivity index (χ2v) is 6.10. The first-order valence-electron chi connectivity index (χ1n) is 8.09. The van der Waals surface area contributed by atoms with E-state index in [1.807, 2.05) is 0 Å². The lowest BCUT2D eigenvalue weighted by Crippen LogP contribution is -2.20. The molecule has 114 valence electrons. The Labute approximate surface area is 125 Å². The molecule has 1 atom stereocenters. The molecular formula is C18H32N2. The van der Waals surface area contributed by atoms with Gasteiger partial charge in [0.2, 0.25) is 0 Å². The maximum absolute atomic E-state index is 5.70. The zero-order valence-electron chi connectivity index (χ0n) is 13.6. The summed E-state index contributed by atoms with van der Waals surface area (Å²) in [6.45, 7) is 7.50. The Hall–Kier alpha value is -0.860. The van der Waals surface area contributed by atoms with Gasteiger partial charge in [0.1, 0.15) is 0 Å². The van der Waals surface area contributed by atoms with Crippen molar-refractivity contribution in [2.75, 3.05) is 20.1 Å². The van der Waals surface area contributed by atoms with Crippen LogP contribution in [-0.2, 0) is 6.54 Å². The Kier molecular flexibility index (Phi) is 8.56. The molecule has 0 saturated heterocycles. The fraction of sp³-hybridized carbons (Fsp3) is 0.667. The molecule has 0 aliphatic heterocycles. The molecule has 0 radical (unpaired) electrons. The van der Waals surface area contributed by atoms with Crippen molar-refractivity contribution in [1.82, 2.24) is 4.90 Å². The quantitative estimate of drug-likeness (QED) is 0.700. The Morgan fingerprint density at radius 2 is 2.00 bits per heavy atom. The molecule has 20 heavy (non-hydrogen) atoms. The van der Waals surface area contributed by atoms with E-state index in [-0.39, 0.29) is 0 Å². The number of rotatable bonds is 10. The van der Waals surface area contributed by atoms with Crippen molar-refractivity contribution in [3.8, 4) is 0 Å². The summed E-state index contributed by atoms with van der Waals surface area (Å²) in [5.74, 6) is 0.831. The number of hydrogen-bond donors (Lipinski definition) is 1. The number of benzene rings is 1. The summed E-state index contributed by atoms with van der Waals surface area (Å²) in [7, 11) is 2.22. The van der Waals surface area contributed by atoms with E-state index in [0.29, 0.717) is 0 Å². The van der Waals surface area contributed by atoms with Crippen molar-refractivity contribution in [3.05, 3.63) is 35.4 Å². The van der Waals surface area contributed by atoms with Crippen LogP contribution in [0.4, 0.5) is 0 Å². The smallest absolute Gasteiger partial charge is 0.0230 e. The third-order valence-electron chi connectivity index (χ3n) is 3.96. The third kappa shape index (κ3) is 7.06. The van der Waals surface area contributed by atoms with E-state index >= 15 is 0 Å². The normalized spacial score (nSPS) is 12.8. The van der Waals surface area contributed by atoms with Crippen LogP contribution in [-0.4, -0.2) is 25.0 Å². The average molecular weight is 276 g/mol. The lowest BCUT2D eigenvalue weighted by atomic mass is 9.94. The van der Waals surface area contributed by atoms with Crippen molar-refractivity contribution in [2.24, 2.45) is 11.7 Å². The lowest BCUT2D eigenvalue weighted by molar-refractivity contribution is 0.298. The van der Waals surface area contributed by atoms with Crippen LogP contribution in [0, 0.1) is 12.8 Å². The van der Waals surface area contributed by atoms with Crippen LogP contribution in [0.2, 0.25) is 0 Å². The molecule has 0 aliphatic rings. The molecule has 1 rings (SSSR count). The molecule has 1 aromatic carbocycles. The standard InChI is InChI=1S/C18H32N2/c1-4-7-17(11-12-19)10-6-13-20(3)15-18-9-5-8-16(2)14-18/h5,8-9,14,17H,4,6-7,10-13,15,19H2,1-3H3. The van der Waals surface area contributed by atoms with E-state index in [0.717, 1.165) is 19.0 Å². The first kappa shape index (κ1) is 17.2. The minimum absolute atomic E-state index is 0.831. The zero-order valence-corrected chi connectivity index (χ0v) is 13.6. The predicted octanol–water partition coefficient (Wildman–Crippen LogP) is 3.97. The molecule has 0 bridgehead atoms. The molecule has 2 heteroatoms. The molecule has 0 fully saturated rings. The van der Waals surface area contributed by atoms with Crippen molar-refractivity contribution in [3.63, 3.8) is 0 Å². The number of nitrogens with zero attached hydrogens (tertiary/aromatic N) is 1. The molecule has 0 heterocycles. The fourth-order valence-electron chi connectivity index (χ4n) is 2.93. The summed E-state index contributed by atoms with van der Waals surface area (Å²) in [6.07, 6.45) is 6.41. The van der Waals surface area contributed by atoms with Crippen LogP contribution in [0.15, 0.2) is 24.3 Å². The van der Waals surface area contributed by atoms with E-state index in [4.69, 9.17) is 5.73 Å². The van der Waals surface area contributed by atoms with Gasteiger partial charge in [0.05, 0.1) is 0 Å². The van der Waals surface area contributed by atoms with Gasteiger partial charge in [-0.2, -0.15) is 0 Å². The monoisotopic (exact) mass is 276 g/mol. The van der Waals surface area contributed by atoms with Gasteiger partial charge in [0.25, 0.3) is 0 Å². The van der Waals surface area contributed by atoms with E-state index < -0.39 is 0 Å². The van der Waals surface area contributed by atoms with Gasteiger partial charge in [-0.05, 0) is 57.8 Å².